The van der Waals surface area contributed by atoms with E-state index in [0.29, 0.717) is 44.3 Å². The van der Waals surface area contributed by atoms with Crippen molar-refractivity contribution in [1.82, 2.24) is 14.5 Å². The molecule has 2 heterocycles. The van der Waals surface area contributed by atoms with Gasteiger partial charge >= 0.3 is 0 Å². The predicted molar refractivity (Wildman–Crippen MR) is 103 cm³/mol. The molecule has 2 N–H and O–H groups in total. The number of piperazine rings is 1. The van der Waals surface area contributed by atoms with Gasteiger partial charge in [0, 0.05) is 58.1 Å². The van der Waals surface area contributed by atoms with Crippen LogP contribution in [-0.2, 0) is 11.8 Å². The van der Waals surface area contributed by atoms with Crippen molar-refractivity contribution in [1.29, 1.82) is 0 Å². The molecule has 0 aromatic carbocycles. The molecule has 1 saturated heterocycles. The highest BCUT2D eigenvalue weighted by Gasteiger charge is 2.29. The van der Waals surface area contributed by atoms with Gasteiger partial charge in [-0.3, -0.25) is 9.59 Å². The third kappa shape index (κ3) is 4.86. The maximum atomic E-state index is 12.4. The second-order valence-electron chi connectivity index (χ2n) is 6.59. The Kier molecular flexibility index (Phi) is 8.18. The molecule has 25 heavy (non-hydrogen) atoms. The number of hydrogen-bond acceptors (Lipinski definition) is 5. The van der Waals surface area contributed by atoms with Gasteiger partial charge in [-0.25, -0.2) is 4.98 Å². The van der Waals surface area contributed by atoms with Crippen LogP contribution in [0.4, 0.5) is 5.82 Å². The van der Waals surface area contributed by atoms with E-state index in [4.69, 9.17) is 5.73 Å². The van der Waals surface area contributed by atoms with Crippen molar-refractivity contribution in [3.05, 3.63) is 22.7 Å². The largest absolute Gasteiger partial charge is 0.348 e. The predicted octanol–water partition coefficient (Wildman–Crippen LogP) is 0.790. The average molecular weight is 392 g/mol. The van der Waals surface area contributed by atoms with Crippen LogP contribution < -0.4 is 16.2 Å². The molecule has 0 radical (unpaired) electrons. The van der Waals surface area contributed by atoms with Crippen molar-refractivity contribution >= 4 is 36.5 Å². The molecule has 1 aliphatic carbocycles. The third-order valence-electron chi connectivity index (χ3n) is 5.09. The van der Waals surface area contributed by atoms with Gasteiger partial charge in [0.25, 0.3) is 5.56 Å². The molecule has 7 nitrogen and oxygen atoms in total. The lowest BCUT2D eigenvalue weighted by Crippen LogP contribution is -2.51. The van der Waals surface area contributed by atoms with Crippen molar-refractivity contribution in [2.24, 2.45) is 18.7 Å². The summed E-state index contributed by atoms with van der Waals surface area (Å²) in [6.45, 7) is 2.57. The highest BCUT2D eigenvalue weighted by atomic mass is 35.5. The lowest BCUT2D eigenvalue weighted by atomic mass is 9.99. The first-order valence-electron chi connectivity index (χ1n) is 8.36. The fraction of sp³-hybridized carbons (Fsp3) is 0.688. The minimum absolute atomic E-state index is 0. The minimum atomic E-state index is -0.0933. The Morgan fingerprint density at radius 1 is 1.24 bits per heavy atom. The van der Waals surface area contributed by atoms with Gasteiger partial charge in [-0.15, -0.1) is 24.8 Å². The highest BCUT2D eigenvalue weighted by molar-refractivity contribution is 5.85. The normalized spacial score (nSPS) is 23.0. The van der Waals surface area contributed by atoms with Crippen LogP contribution in [0, 0.1) is 5.92 Å². The number of halogens is 2. The van der Waals surface area contributed by atoms with Crippen molar-refractivity contribution < 1.29 is 4.79 Å². The summed E-state index contributed by atoms with van der Waals surface area (Å²) in [5.74, 6) is 1.00. The molecule has 0 spiro atoms. The molecule has 2 fully saturated rings. The number of nitrogens with two attached hydrogens (primary N) is 1. The molecule has 2 atom stereocenters. The second kappa shape index (κ2) is 9.40. The summed E-state index contributed by atoms with van der Waals surface area (Å²) < 4.78 is 1.53. The molecule has 3 rings (SSSR count). The Labute approximate surface area is 160 Å². The molecular formula is C16H27Cl2N5O2. The molecule has 1 aromatic rings. The molecule has 9 heteroatoms. The number of aromatic nitrogens is 2. The number of nitrogens with zero attached hydrogens (tertiary/aromatic N) is 4. The van der Waals surface area contributed by atoms with E-state index in [1.807, 2.05) is 9.80 Å². The molecule has 1 aliphatic heterocycles. The first-order valence-corrected chi connectivity index (χ1v) is 8.36. The van der Waals surface area contributed by atoms with Gasteiger partial charge < -0.3 is 20.1 Å². The van der Waals surface area contributed by atoms with E-state index in [1.165, 1.54) is 4.57 Å². The fourth-order valence-electron chi connectivity index (χ4n) is 3.54. The lowest BCUT2D eigenvalue weighted by molar-refractivity contribution is -0.132. The van der Waals surface area contributed by atoms with Crippen LogP contribution in [0.15, 0.2) is 17.2 Å². The summed E-state index contributed by atoms with van der Waals surface area (Å²) in [5.41, 5.74) is 5.97. The van der Waals surface area contributed by atoms with Gasteiger partial charge in [-0.1, -0.05) is 6.42 Å². The van der Waals surface area contributed by atoms with Gasteiger partial charge in [0.15, 0.2) is 5.82 Å². The quantitative estimate of drug-likeness (QED) is 0.822. The van der Waals surface area contributed by atoms with E-state index in [0.717, 1.165) is 19.3 Å². The zero-order valence-corrected chi connectivity index (χ0v) is 16.1. The number of carbonyl (C=O) groups excluding carboxylic acids is 1. The Morgan fingerprint density at radius 2 is 1.92 bits per heavy atom. The van der Waals surface area contributed by atoms with Crippen LogP contribution in [0.1, 0.15) is 25.7 Å². The van der Waals surface area contributed by atoms with Crippen LogP contribution in [0.5, 0.6) is 0 Å². The molecular weight excluding hydrogens is 365 g/mol. The summed E-state index contributed by atoms with van der Waals surface area (Å²) in [4.78, 5) is 32.6. The van der Waals surface area contributed by atoms with E-state index < -0.39 is 0 Å². The van der Waals surface area contributed by atoms with Crippen LogP contribution >= 0.6 is 24.8 Å². The van der Waals surface area contributed by atoms with Crippen LogP contribution in [0.2, 0.25) is 0 Å². The van der Waals surface area contributed by atoms with Gasteiger partial charge in [0.05, 0.1) is 0 Å². The van der Waals surface area contributed by atoms with Crippen molar-refractivity contribution in [2.45, 2.75) is 31.7 Å². The molecule has 0 unspecified atom stereocenters. The van der Waals surface area contributed by atoms with E-state index in [2.05, 4.69) is 4.98 Å². The number of hydrogen-bond donors (Lipinski definition) is 1. The van der Waals surface area contributed by atoms with Crippen molar-refractivity contribution in [3.63, 3.8) is 0 Å². The fourth-order valence-corrected chi connectivity index (χ4v) is 3.54. The highest BCUT2D eigenvalue weighted by Crippen LogP contribution is 2.27. The monoisotopic (exact) mass is 391 g/mol. The van der Waals surface area contributed by atoms with E-state index in [-0.39, 0.29) is 42.3 Å². The molecule has 0 bridgehead atoms. The summed E-state index contributed by atoms with van der Waals surface area (Å²) >= 11 is 0. The number of carbonyl (C=O) groups is 1. The van der Waals surface area contributed by atoms with E-state index in [1.54, 1.807) is 19.4 Å². The Balaban J connectivity index is 0.00000156. The zero-order valence-electron chi connectivity index (χ0n) is 14.5. The van der Waals surface area contributed by atoms with Gasteiger partial charge in [-0.05, 0) is 18.8 Å². The van der Waals surface area contributed by atoms with E-state index in [9.17, 15) is 9.59 Å². The van der Waals surface area contributed by atoms with Gasteiger partial charge in [0.1, 0.15) is 0 Å². The molecule has 1 aromatic heterocycles. The Bertz CT molecular complexity index is 631. The smallest absolute Gasteiger partial charge is 0.293 e. The number of rotatable bonds is 3. The maximum absolute atomic E-state index is 12.4. The first kappa shape index (κ1) is 21.7. The molecule has 1 amide bonds. The van der Waals surface area contributed by atoms with Crippen molar-refractivity contribution in [3.8, 4) is 0 Å². The molecule has 142 valence electrons. The average Bonchev–Trinajstić information content (AvgIpc) is 2.95. The topological polar surface area (TPSA) is 84.5 Å². The minimum Gasteiger partial charge on any atom is -0.348 e. The lowest BCUT2D eigenvalue weighted by Gasteiger charge is -2.35. The van der Waals surface area contributed by atoms with Crippen LogP contribution in [-0.4, -0.2) is 52.6 Å². The third-order valence-corrected chi connectivity index (χ3v) is 5.09. The first-order chi connectivity index (χ1) is 11.1. The van der Waals surface area contributed by atoms with Crippen LogP contribution in [0.25, 0.3) is 0 Å². The van der Waals surface area contributed by atoms with Gasteiger partial charge in [0.2, 0.25) is 5.91 Å². The standard InChI is InChI=1S/C16H25N5O2.2ClH/c1-19-6-5-18-15(16(19)23)21-9-7-20(8-10-21)14(22)11-12-3-2-4-13(12)17;;/h5-6,12-13H,2-4,7-11,17H2,1H3;2*1H/t12-,13+;;/m0../s1. The van der Waals surface area contributed by atoms with Crippen LogP contribution in [0.3, 0.4) is 0 Å². The second-order valence-corrected chi connectivity index (χ2v) is 6.59. The summed E-state index contributed by atoms with van der Waals surface area (Å²) in [5, 5.41) is 0. The molecule has 2 aliphatic rings. The van der Waals surface area contributed by atoms with Crippen molar-refractivity contribution in [2.75, 3.05) is 31.1 Å². The SMILES string of the molecule is Cl.Cl.Cn1ccnc(N2CCN(C(=O)C[C@@H]3CCC[C@H]3N)CC2)c1=O. The molecule has 1 saturated carbocycles. The summed E-state index contributed by atoms with van der Waals surface area (Å²) in [6, 6.07) is 0.178. The number of anilines is 1. The van der Waals surface area contributed by atoms with Gasteiger partial charge in [-0.2, -0.15) is 0 Å². The summed E-state index contributed by atoms with van der Waals surface area (Å²) in [6.07, 6.45) is 7.08. The summed E-state index contributed by atoms with van der Waals surface area (Å²) in [7, 11) is 1.72. The number of aryl methyl sites for hydroxylation is 1. The maximum Gasteiger partial charge on any atom is 0.293 e. The zero-order chi connectivity index (χ0) is 16.4. The Morgan fingerprint density at radius 3 is 2.52 bits per heavy atom. The number of amides is 1. The Hall–Kier alpha value is -1.31. The van der Waals surface area contributed by atoms with E-state index >= 15 is 0 Å².